The zero-order chi connectivity index (χ0) is 21.1. The maximum atomic E-state index is 14.4. The molecule has 4 nitrogen and oxygen atoms in total. The lowest BCUT2D eigenvalue weighted by Crippen LogP contribution is -2.32. The van der Waals surface area contributed by atoms with Crippen LogP contribution in [0.1, 0.15) is 42.3 Å². The topological polar surface area (TPSA) is 62.1 Å². The quantitative estimate of drug-likeness (QED) is 0.688. The van der Waals surface area contributed by atoms with E-state index in [1.807, 2.05) is 52.0 Å². The molecule has 0 aromatic heterocycles. The van der Waals surface area contributed by atoms with Crippen molar-refractivity contribution in [1.29, 1.82) is 5.26 Å². The number of ether oxygens (including phenoxy) is 1. The molecular weight excluding hydrogens is 379 g/mol. The maximum absolute atomic E-state index is 14.4. The second kappa shape index (κ2) is 8.45. The van der Waals surface area contributed by atoms with Gasteiger partial charge in [-0.2, -0.15) is 5.26 Å². The van der Waals surface area contributed by atoms with Gasteiger partial charge in [-0.1, -0.05) is 56.6 Å². The number of nitriles is 1. The summed E-state index contributed by atoms with van der Waals surface area (Å²) in [5, 5.41) is 12.6. The smallest absolute Gasteiger partial charge is 0.258 e. The third kappa shape index (κ3) is 4.52. The highest BCUT2D eigenvalue weighted by atomic mass is 35.5. The Morgan fingerprint density at radius 1 is 1.21 bits per heavy atom. The average Bonchev–Trinajstić information content (AvgIpc) is 2.62. The van der Waals surface area contributed by atoms with E-state index in [1.165, 1.54) is 13.2 Å². The first kappa shape index (κ1) is 21.5. The molecule has 0 spiro atoms. The molecule has 28 heavy (non-hydrogen) atoms. The van der Waals surface area contributed by atoms with Crippen LogP contribution in [0.5, 0.6) is 5.75 Å². The predicted molar refractivity (Wildman–Crippen MR) is 109 cm³/mol. The van der Waals surface area contributed by atoms with Gasteiger partial charge < -0.3 is 10.1 Å². The molecule has 1 N–H and O–H groups in total. The summed E-state index contributed by atoms with van der Waals surface area (Å²) in [5.74, 6) is -1.27. The minimum atomic E-state index is -0.772. The molecule has 0 fully saturated rings. The van der Waals surface area contributed by atoms with Crippen LogP contribution in [0.3, 0.4) is 0 Å². The van der Waals surface area contributed by atoms with Gasteiger partial charge in [0.15, 0.2) is 0 Å². The molecule has 0 heterocycles. The SMILES string of the molecule is COc1cc(C(=O)N/C(=C(/C#N)c2ccccc2C)C(C)(C)C)c(F)cc1Cl. The second-order valence-electron chi connectivity index (χ2n) is 7.35. The van der Waals surface area contributed by atoms with Crippen molar-refractivity contribution < 1.29 is 13.9 Å². The van der Waals surface area contributed by atoms with Gasteiger partial charge in [0.05, 0.1) is 23.3 Å². The van der Waals surface area contributed by atoms with E-state index < -0.39 is 17.1 Å². The summed E-state index contributed by atoms with van der Waals surface area (Å²) in [4.78, 5) is 12.8. The molecule has 0 aliphatic carbocycles. The zero-order valence-electron chi connectivity index (χ0n) is 16.5. The van der Waals surface area contributed by atoms with Gasteiger partial charge >= 0.3 is 0 Å². The molecule has 2 aromatic carbocycles. The molecule has 0 radical (unpaired) electrons. The van der Waals surface area contributed by atoms with Crippen molar-refractivity contribution >= 4 is 23.1 Å². The summed E-state index contributed by atoms with van der Waals surface area (Å²) in [7, 11) is 1.38. The van der Waals surface area contributed by atoms with Crippen molar-refractivity contribution in [2.24, 2.45) is 5.41 Å². The molecule has 6 heteroatoms. The zero-order valence-corrected chi connectivity index (χ0v) is 17.2. The second-order valence-corrected chi connectivity index (χ2v) is 7.75. The van der Waals surface area contributed by atoms with Crippen molar-refractivity contribution in [2.75, 3.05) is 7.11 Å². The van der Waals surface area contributed by atoms with Crippen molar-refractivity contribution in [1.82, 2.24) is 5.32 Å². The van der Waals surface area contributed by atoms with E-state index in [1.54, 1.807) is 0 Å². The van der Waals surface area contributed by atoms with E-state index >= 15 is 0 Å². The first-order chi connectivity index (χ1) is 13.1. The summed E-state index contributed by atoms with van der Waals surface area (Å²) in [6.07, 6.45) is 0. The largest absolute Gasteiger partial charge is 0.495 e. The van der Waals surface area contributed by atoms with E-state index in [2.05, 4.69) is 11.4 Å². The van der Waals surface area contributed by atoms with Gasteiger partial charge in [0.2, 0.25) is 0 Å². The molecule has 146 valence electrons. The fraction of sp³-hybridized carbons (Fsp3) is 0.273. The van der Waals surface area contributed by atoms with Crippen molar-refractivity contribution in [3.05, 3.63) is 69.6 Å². The highest BCUT2D eigenvalue weighted by Gasteiger charge is 2.27. The summed E-state index contributed by atoms with van der Waals surface area (Å²) in [6, 6.07) is 11.9. The number of carbonyl (C=O) groups excluding carboxylic acids is 1. The van der Waals surface area contributed by atoms with Crippen LogP contribution in [0.15, 0.2) is 42.1 Å². The van der Waals surface area contributed by atoms with E-state index in [0.29, 0.717) is 16.8 Å². The Balaban J connectivity index is 2.59. The number of benzene rings is 2. The lowest BCUT2D eigenvalue weighted by Gasteiger charge is -2.26. The fourth-order valence-corrected chi connectivity index (χ4v) is 3.00. The van der Waals surface area contributed by atoms with Gasteiger partial charge in [-0.3, -0.25) is 4.79 Å². The molecule has 0 atom stereocenters. The standard InChI is InChI=1S/C22H22ClFN2O2/c1-13-8-6-7-9-14(13)16(12-25)20(22(2,3)4)26-21(27)15-10-19(28-5)17(23)11-18(15)24/h6-11H,1-5H3,(H,26,27)/b20-16-. The predicted octanol–water partition coefficient (Wildman–Crippen LogP) is 5.51. The van der Waals surface area contributed by atoms with Gasteiger partial charge in [0, 0.05) is 11.1 Å². The number of nitrogens with one attached hydrogen (secondary N) is 1. The molecule has 2 rings (SSSR count). The van der Waals surface area contributed by atoms with Gasteiger partial charge in [-0.05, 0) is 30.2 Å². The Morgan fingerprint density at radius 2 is 1.86 bits per heavy atom. The minimum absolute atomic E-state index is 0.0701. The normalized spacial score (nSPS) is 12.1. The number of carbonyl (C=O) groups is 1. The van der Waals surface area contributed by atoms with Gasteiger partial charge in [0.1, 0.15) is 17.6 Å². The molecule has 1 amide bonds. The molecule has 2 aromatic rings. The third-order valence-corrected chi connectivity index (χ3v) is 4.55. The monoisotopic (exact) mass is 400 g/mol. The number of allylic oxidation sites excluding steroid dienone is 2. The number of rotatable bonds is 4. The molecule has 0 bridgehead atoms. The van der Waals surface area contributed by atoms with Crippen LogP contribution in [0.25, 0.3) is 5.57 Å². The lowest BCUT2D eigenvalue weighted by atomic mass is 9.85. The number of hydrogen-bond donors (Lipinski definition) is 1. The molecule has 0 saturated heterocycles. The summed E-state index contributed by atoms with van der Waals surface area (Å²) in [5.41, 5.74) is 1.56. The number of hydrogen-bond acceptors (Lipinski definition) is 3. The average molecular weight is 401 g/mol. The van der Waals surface area contributed by atoms with Crippen LogP contribution < -0.4 is 10.1 Å². The van der Waals surface area contributed by atoms with Gasteiger partial charge in [-0.15, -0.1) is 0 Å². The Kier molecular flexibility index (Phi) is 6.48. The number of aryl methyl sites for hydroxylation is 1. The lowest BCUT2D eigenvalue weighted by molar-refractivity contribution is 0.0953. The highest BCUT2D eigenvalue weighted by Crippen LogP contribution is 2.33. The van der Waals surface area contributed by atoms with Crippen molar-refractivity contribution in [3.63, 3.8) is 0 Å². The van der Waals surface area contributed by atoms with Crippen molar-refractivity contribution in [2.45, 2.75) is 27.7 Å². The third-order valence-electron chi connectivity index (χ3n) is 4.25. The molecule has 0 saturated carbocycles. The Morgan fingerprint density at radius 3 is 2.39 bits per heavy atom. The molecule has 0 aliphatic rings. The van der Waals surface area contributed by atoms with E-state index in [-0.39, 0.29) is 16.3 Å². The van der Waals surface area contributed by atoms with Crippen LogP contribution in [-0.2, 0) is 0 Å². The Bertz CT molecular complexity index is 985. The number of methoxy groups -OCH3 is 1. The van der Waals surface area contributed by atoms with E-state index in [4.69, 9.17) is 16.3 Å². The van der Waals surface area contributed by atoms with Crippen LogP contribution in [-0.4, -0.2) is 13.0 Å². The van der Waals surface area contributed by atoms with Gasteiger partial charge in [0.25, 0.3) is 5.91 Å². The molecule has 0 aliphatic heterocycles. The number of nitrogens with zero attached hydrogens (tertiary/aromatic N) is 1. The number of halogens is 2. The molecular formula is C22H22ClFN2O2. The maximum Gasteiger partial charge on any atom is 0.258 e. The first-order valence-corrected chi connectivity index (χ1v) is 9.03. The Hall–Kier alpha value is -2.84. The van der Waals surface area contributed by atoms with E-state index in [0.717, 1.165) is 11.6 Å². The van der Waals surface area contributed by atoms with Gasteiger partial charge in [-0.25, -0.2) is 4.39 Å². The van der Waals surface area contributed by atoms with Crippen LogP contribution in [0.4, 0.5) is 4.39 Å². The van der Waals surface area contributed by atoms with E-state index in [9.17, 15) is 14.4 Å². The van der Waals surface area contributed by atoms with Crippen LogP contribution in [0.2, 0.25) is 5.02 Å². The summed E-state index contributed by atoms with van der Waals surface area (Å²) < 4.78 is 19.4. The number of amides is 1. The van der Waals surface area contributed by atoms with Crippen molar-refractivity contribution in [3.8, 4) is 11.8 Å². The van der Waals surface area contributed by atoms with Crippen LogP contribution in [0, 0.1) is 29.5 Å². The summed E-state index contributed by atoms with van der Waals surface area (Å²) >= 11 is 5.91. The minimum Gasteiger partial charge on any atom is -0.495 e. The van der Waals surface area contributed by atoms with Crippen LogP contribution >= 0.6 is 11.6 Å². The fourth-order valence-electron chi connectivity index (χ4n) is 2.77. The summed E-state index contributed by atoms with van der Waals surface area (Å²) in [6.45, 7) is 7.50. The highest BCUT2D eigenvalue weighted by molar-refractivity contribution is 6.32. The molecule has 0 unspecified atom stereocenters. The first-order valence-electron chi connectivity index (χ1n) is 8.65. The Labute approximate surface area is 169 Å².